The summed E-state index contributed by atoms with van der Waals surface area (Å²) in [5.41, 5.74) is 1.86. The molecule has 192 valence electrons. The Labute approximate surface area is 228 Å². The summed E-state index contributed by atoms with van der Waals surface area (Å²) >= 11 is 12.0. The highest BCUT2D eigenvalue weighted by Crippen LogP contribution is 2.33. The van der Waals surface area contributed by atoms with Crippen molar-refractivity contribution in [1.29, 1.82) is 0 Å². The molecule has 5 aromatic rings. The van der Waals surface area contributed by atoms with Crippen molar-refractivity contribution in [3.63, 3.8) is 0 Å². The third kappa shape index (κ3) is 5.35. The van der Waals surface area contributed by atoms with Crippen LogP contribution in [0.4, 0.5) is 5.69 Å². The Morgan fingerprint density at radius 3 is 2.37 bits per heavy atom. The Balaban J connectivity index is 1.53. The first-order chi connectivity index (χ1) is 18.2. The number of sulfonamides is 1. The molecule has 4 aromatic carbocycles. The molecule has 11 heteroatoms. The van der Waals surface area contributed by atoms with Crippen LogP contribution < -0.4 is 4.31 Å². The van der Waals surface area contributed by atoms with E-state index in [1.807, 2.05) is 36.4 Å². The summed E-state index contributed by atoms with van der Waals surface area (Å²) in [4.78, 5) is 16.0. The summed E-state index contributed by atoms with van der Waals surface area (Å²) < 4.78 is 33.2. The SMILES string of the molecule is O=C(O)CN(c1ccc2c(-c3nc(Cc4ccccc4)no3)cccc2c1)S(=O)(=O)c1cc(Cl)cc(Cl)c1. The topological polar surface area (TPSA) is 114 Å². The minimum atomic E-state index is -4.31. The number of nitrogens with zero attached hydrogens (tertiary/aromatic N) is 3. The highest BCUT2D eigenvalue weighted by molar-refractivity contribution is 7.92. The van der Waals surface area contributed by atoms with Gasteiger partial charge in [-0.25, -0.2) is 8.42 Å². The first-order valence-corrected chi connectivity index (χ1v) is 13.5. The third-order valence-corrected chi connectivity index (χ3v) is 7.95. The zero-order chi connectivity index (χ0) is 26.9. The van der Waals surface area contributed by atoms with Gasteiger partial charge in [-0.05, 0) is 52.7 Å². The van der Waals surface area contributed by atoms with E-state index in [9.17, 15) is 18.3 Å². The van der Waals surface area contributed by atoms with Crippen molar-refractivity contribution in [2.75, 3.05) is 10.8 Å². The van der Waals surface area contributed by atoms with Crippen molar-refractivity contribution in [2.24, 2.45) is 0 Å². The van der Waals surface area contributed by atoms with Crippen LogP contribution in [-0.2, 0) is 21.2 Å². The minimum absolute atomic E-state index is 0.112. The molecule has 1 N–H and O–H groups in total. The first-order valence-electron chi connectivity index (χ1n) is 11.3. The molecule has 0 amide bonds. The molecule has 0 fully saturated rings. The first kappa shape index (κ1) is 25.7. The average Bonchev–Trinajstić information content (AvgIpc) is 3.34. The fraction of sp³-hybridized carbons (Fsp3) is 0.0741. The number of benzene rings is 4. The predicted octanol–water partition coefficient (Wildman–Crippen LogP) is 6.07. The summed E-state index contributed by atoms with van der Waals surface area (Å²) in [5.74, 6) is -0.482. The van der Waals surface area contributed by atoms with E-state index in [0.29, 0.717) is 29.1 Å². The number of carboxylic acid groups (broad SMARTS) is 1. The molecule has 0 aliphatic heterocycles. The van der Waals surface area contributed by atoms with Crippen LogP contribution in [0.25, 0.3) is 22.2 Å². The minimum Gasteiger partial charge on any atom is -0.480 e. The maximum Gasteiger partial charge on any atom is 0.324 e. The second-order valence-electron chi connectivity index (χ2n) is 8.40. The van der Waals surface area contributed by atoms with Crippen molar-refractivity contribution in [3.8, 4) is 11.5 Å². The summed E-state index contributed by atoms with van der Waals surface area (Å²) in [6.07, 6.45) is 0.509. The summed E-state index contributed by atoms with van der Waals surface area (Å²) in [6.45, 7) is -0.801. The van der Waals surface area contributed by atoms with Gasteiger partial charge in [0.2, 0.25) is 0 Å². The summed E-state index contributed by atoms with van der Waals surface area (Å²) in [6, 6.07) is 23.8. The van der Waals surface area contributed by atoms with Gasteiger partial charge in [0.15, 0.2) is 5.82 Å². The fourth-order valence-electron chi connectivity index (χ4n) is 4.07. The Kier molecular flexibility index (Phi) is 7.07. The van der Waals surface area contributed by atoms with Crippen LogP contribution in [0, 0.1) is 0 Å². The lowest BCUT2D eigenvalue weighted by atomic mass is 10.0. The normalized spacial score (nSPS) is 11.5. The van der Waals surface area contributed by atoms with Gasteiger partial charge in [-0.3, -0.25) is 9.10 Å². The number of aliphatic carboxylic acids is 1. The van der Waals surface area contributed by atoms with Crippen LogP contribution >= 0.6 is 23.2 Å². The van der Waals surface area contributed by atoms with Crippen molar-refractivity contribution >= 4 is 55.7 Å². The van der Waals surface area contributed by atoms with E-state index < -0.39 is 22.5 Å². The van der Waals surface area contributed by atoms with Crippen LogP contribution in [-0.4, -0.2) is 36.2 Å². The van der Waals surface area contributed by atoms with Crippen LogP contribution in [0.2, 0.25) is 10.0 Å². The van der Waals surface area contributed by atoms with Gasteiger partial charge < -0.3 is 9.63 Å². The Morgan fingerprint density at radius 1 is 0.921 bits per heavy atom. The summed E-state index contributed by atoms with van der Waals surface area (Å²) in [5, 5.41) is 15.2. The van der Waals surface area contributed by atoms with E-state index in [0.717, 1.165) is 15.3 Å². The Bertz CT molecular complexity index is 1740. The van der Waals surface area contributed by atoms with Gasteiger partial charge >= 0.3 is 5.97 Å². The molecular formula is C27H19Cl2N3O5S. The molecule has 0 saturated heterocycles. The van der Waals surface area contributed by atoms with E-state index in [2.05, 4.69) is 10.1 Å². The van der Waals surface area contributed by atoms with E-state index in [-0.39, 0.29) is 20.6 Å². The summed E-state index contributed by atoms with van der Waals surface area (Å²) in [7, 11) is -4.31. The monoisotopic (exact) mass is 567 g/mol. The van der Waals surface area contributed by atoms with E-state index in [4.69, 9.17) is 27.7 Å². The zero-order valence-corrected chi connectivity index (χ0v) is 21.9. The lowest BCUT2D eigenvalue weighted by molar-refractivity contribution is -0.135. The van der Waals surface area contributed by atoms with Crippen molar-refractivity contribution in [1.82, 2.24) is 10.1 Å². The van der Waals surface area contributed by atoms with Gasteiger partial charge in [-0.1, -0.05) is 76.9 Å². The van der Waals surface area contributed by atoms with Crippen LogP contribution in [0.15, 0.2) is 94.3 Å². The molecule has 0 bridgehead atoms. The number of halogens is 2. The number of carboxylic acids is 1. The molecule has 0 saturated carbocycles. The number of aromatic nitrogens is 2. The lowest BCUT2D eigenvalue weighted by Crippen LogP contribution is -2.35. The Morgan fingerprint density at radius 2 is 1.66 bits per heavy atom. The zero-order valence-electron chi connectivity index (χ0n) is 19.6. The number of anilines is 1. The van der Waals surface area contributed by atoms with E-state index >= 15 is 0 Å². The standard InChI is InChI=1S/C27H19Cl2N3O5S/c28-19-13-20(29)15-22(14-19)38(35,36)32(16-26(33)34)21-9-10-23-18(12-21)7-4-8-24(23)27-30-25(31-37-27)11-17-5-2-1-3-6-17/h1-10,12-15H,11,16H2,(H,33,34). The van der Waals surface area contributed by atoms with Crippen molar-refractivity contribution in [3.05, 3.63) is 106 Å². The molecular weight excluding hydrogens is 549 g/mol. The van der Waals surface area contributed by atoms with E-state index in [1.165, 1.54) is 24.3 Å². The maximum absolute atomic E-state index is 13.5. The van der Waals surface area contributed by atoms with Crippen molar-refractivity contribution in [2.45, 2.75) is 11.3 Å². The molecule has 0 aliphatic rings. The molecule has 0 unspecified atom stereocenters. The van der Waals surface area contributed by atoms with Gasteiger partial charge in [0.05, 0.1) is 10.6 Å². The number of carbonyl (C=O) groups is 1. The molecule has 1 aromatic heterocycles. The fourth-order valence-corrected chi connectivity index (χ4v) is 6.20. The smallest absolute Gasteiger partial charge is 0.324 e. The van der Waals surface area contributed by atoms with Gasteiger partial charge in [0.1, 0.15) is 6.54 Å². The highest BCUT2D eigenvalue weighted by atomic mass is 35.5. The quantitative estimate of drug-likeness (QED) is 0.242. The number of hydrogen-bond donors (Lipinski definition) is 1. The molecule has 5 rings (SSSR count). The third-order valence-electron chi connectivity index (χ3n) is 5.76. The molecule has 0 aliphatic carbocycles. The molecule has 0 radical (unpaired) electrons. The second-order valence-corrected chi connectivity index (χ2v) is 11.1. The molecule has 0 atom stereocenters. The van der Waals surface area contributed by atoms with Crippen LogP contribution in [0.3, 0.4) is 0 Å². The molecule has 38 heavy (non-hydrogen) atoms. The number of rotatable bonds is 8. The van der Waals surface area contributed by atoms with E-state index in [1.54, 1.807) is 24.3 Å². The lowest BCUT2D eigenvalue weighted by Gasteiger charge is -2.23. The molecule has 8 nitrogen and oxygen atoms in total. The molecule has 1 heterocycles. The van der Waals surface area contributed by atoms with Crippen molar-refractivity contribution < 1.29 is 22.8 Å². The van der Waals surface area contributed by atoms with Gasteiger partial charge in [-0.15, -0.1) is 0 Å². The van der Waals surface area contributed by atoms with Gasteiger partial charge in [-0.2, -0.15) is 4.98 Å². The number of hydrogen-bond acceptors (Lipinski definition) is 6. The van der Waals surface area contributed by atoms with Crippen LogP contribution in [0.5, 0.6) is 0 Å². The second kappa shape index (κ2) is 10.4. The Hall–Kier alpha value is -3.92. The highest BCUT2D eigenvalue weighted by Gasteiger charge is 2.28. The number of fused-ring (bicyclic) bond motifs is 1. The average molecular weight is 568 g/mol. The van der Waals surface area contributed by atoms with Gasteiger partial charge in [0, 0.05) is 22.0 Å². The van der Waals surface area contributed by atoms with Gasteiger partial charge in [0.25, 0.3) is 15.9 Å². The maximum atomic E-state index is 13.5. The van der Waals surface area contributed by atoms with Crippen LogP contribution in [0.1, 0.15) is 11.4 Å². The molecule has 0 spiro atoms. The largest absolute Gasteiger partial charge is 0.480 e. The predicted molar refractivity (Wildman–Crippen MR) is 145 cm³/mol.